The van der Waals surface area contributed by atoms with Crippen LogP contribution in [0, 0.1) is 0 Å². The second-order valence-electron chi connectivity index (χ2n) is 9.13. The summed E-state index contributed by atoms with van der Waals surface area (Å²) in [4.78, 5) is 49.8. The molecule has 3 N–H and O–H groups in total. The molecule has 38 heavy (non-hydrogen) atoms. The third kappa shape index (κ3) is 5.18. The normalized spacial score (nSPS) is 14.8. The van der Waals surface area contributed by atoms with Crippen LogP contribution in [-0.4, -0.2) is 78.4 Å². The molecular formula is C24H28Cl2N10O2. The SMILES string of the molecule is CCn1cnc2c(NCc3nc4cc(Cl)c(Cl)cc4[nH]3)nc(N3CCN(C(=O)[C@H](C)NC(C)=O)CC3)nc21. The van der Waals surface area contributed by atoms with E-state index in [1.165, 1.54) is 6.92 Å². The van der Waals surface area contributed by atoms with Gasteiger partial charge in [0.25, 0.3) is 0 Å². The number of H-pyrrole nitrogens is 1. The molecule has 3 aromatic heterocycles. The molecule has 0 radical (unpaired) electrons. The van der Waals surface area contributed by atoms with Crippen molar-refractivity contribution in [1.82, 2.24) is 39.7 Å². The summed E-state index contributed by atoms with van der Waals surface area (Å²) in [5, 5.41) is 6.91. The Kier molecular flexibility index (Phi) is 7.26. The molecule has 1 aliphatic heterocycles. The van der Waals surface area contributed by atoms with Crippen molar-refractivity contribution >= 4 is 69.0 Å². The summed E-state index contributed by atoms with van der Waals surface area (Å²) in [6.45, 7) is 8.35. The number of hydrogen-bond acceptors (Lipinski definition) is 8. The first-order valence-corrected chi connectivity index (χ1v) is 13.1. The van der Waals surface area contributed by atoms with Crippen molar-refractivity contribution in [2.45, 2.75) is 39.9 Å². The molecule has 4 aromatic rings. The molecule has 200 valence electrons. The maximum Gasteiger partial charge on any atom is 0.244 e. The maximum atomic E-state index is 12.7. The number of carbonyl (C=O) groups is 2. The van der Waals surface area contributed by atoms with Crippen LogP contribution in [0.4, 0.5) is 11.8 Å². The molecule has 0 spiro atoms. The molecule has 2 amide bonds. The van der Waals surface area contributed by atoms with Gasteiger partial charge in [-0.3, -0.25) is 9.59 Å². The number of amides is 2. The molecule has 1 saturated heterocycles. The van der Waals surface area contributed by atoms with E-state index >= 15 is 0 Å². The number of piperazine rings is 1. The number of nitrogens with one attached hydrogen (secondary N) is 3. The Morgan fingerprint density at radius 1 is 1.11 bits per heavy atom. The van der Waals surface area contributed by atoms with Gasteiger partial charge in [-0.05, 0) is 26.0 Å². The molecule has 1 atom stereocenters. The van der Waals surface area contributed by atoms with Crippen LogP contribution in [0.25, 0.3) is 22.2 Å². The van der Waals surface area contributed by atoms with Crippen LogP contribution in [-0.2, 0) is 22.7 Å². The van der Waals surface area contributed by atoms with Crippen LogP contribution in [0.5, 0.6) is 0 Å². The van der Waals surface area contributed by atoms with E-state index in [1.807, 2.05) is 11.5 Å². The fourth-order valence-corrected chi connectivity index (χ4v) is 4.83. The number of fused-ring (bicyclic) bond motifs is 2. The number of aromatic nitrogens is 6. The Morgan fingerprint density at radius 2 is 1.84 bits per heavy atom. The van der Waals surface area contributed by atoms with Crippen LogP contribution >= 0.6 is 23.2 Å². The summed E-state index contributed by atoms with van der Waals surface area (Å²) in [6, 6.07) is 2.91. The van der Waals surface area contributed by atoms with E-state index in [0.717, 1.165) is 16.7 Å². The highest BCUT2D eigenvalue weighted by atomic mass is 35.5. The highest BCUT2D eigenvalue weighted by Gasteiger charge is 2.27. The lowest BCUT2D eigenvalue weighted by Crippen LogP contribution is -2.54. The van der Waals surface area contributed by atoms with Crippen LogP contribution < -0.4 is 15.5 Å². The quantitative estimate of drug-likeness (QED) is 0.315. The fraction of sp³-hybridized carbons (Fsp3) is 0.417. The van der Waals surface area contributed by atoms with Gasteiger partial charge in [-0.25, -0.2) is 9.97 Å². The largest absolute Gasteiger partial charge is 0.361 e. The van der Waals surface area contributed by atoms with E-state index in [4.69, 9.17) is 33.2 Å². The molecule has 0 unspecified atom stereocenters. The Balaban J connectivity index is 1.35. The van der Waals surface area contributed by atoms with Gasteiger partial charge >= 0.3 is 0 Å². The molecule has 0 bridgehead atoms. The van der Waals surface area contributed by atoms with Gasteiger partial charge in [0.2, 0.25) is 17.8 Å². The molecule has 1 aliphatic rings. The van der Waals surface area contributed by atoms with Crippen molar-refractivity contribution in [2.75, 3.05) is 36.4 Å². The molecule has 0 saturated carbocycles. The van der Waals surface area contributed by atoms with Crippen LogP contribution in [0.15, 0.2) is 18.5 Å². The van der Waals surface area contributed by atoms with Crippen LogP contribution in [0.1, 0.15) is 26.6 Å². The van der Waals surface area contributed by atoms with Gasteiger partial charge < -0.3 is 30.0 Å². The van der Waals surface area contributed by atoms with Crippen molar-refractivity contribution in [3.8, 4) is 0 Å². The van der Waals surface area contributed by atoms with Crippen molar-refractivity contribution in [2.24, 2.45) is 0 Å². The molecule has 0 aliphatic carbocycles. The summed E-state index contributed by atoms with van der Waals surface area (Å²) < 4.78 is 1.96. The van der Waals surface area contributed by atoms with Crippen molar-refractivity contribution in [3.05, 3.63) is 34.3 Å². The van der Waals surface area contributed by atoms with Gasteiger partial charge in [0.1, 0.15) is 11.9 Å². The Bertz CT molecular complexity index is 1470. The van der Waals surface area contributed by atoms with E-state index in [-0.39, 0.29) is 11.8 Å². The number of nitrogens with zero attached hydrogens (tertiary/aromatic N) is 7. The predicted molar refractivity (Wildman–Crippen MR) is 147 cm³/mol. The monoisotopic (exact) mass is 558 g/mol. The number of halogens is 2. The Morgan fingerprint density at radius 3 is 2.55 bits per heavy atom. The minimum absolute atomic E-state index is 0.101. The summed E-state index contributed by atoms with van der Waals surface area (Å²) >= 11 is 12.3. The zero-order valence-corrected chi connectivity index (χ0v) is 22.8. The number of imidazole rings is 2. The highest BCUT2D eigenvalue weighted by Crippen LogP contribution is 2.27. The predicted octanol–water partition coefficient (Wildman–Crippen LogP) is 2.81. The average molecular weight is 559 g/mol. The summed E-state index contributed by atoms with van der Waals surface area (Å²) in [5.41, 5.74) is 2.90. The van der Waals surface area contributed by atoms with Crippen molar-refractivity contribution in [3.63, 3.8) is 0 Å². The smallest absolute Gasteiger partial charge is 0.244 e. The third-order valence-electron chi connectivity index (χ3n) is 6.45. The topological polar surface area (TPSA) is 137 Å². The summed E-state index contributed by atoms with van der Waals surface area (Å²) in [5.74, 6) is 1.51. The molecule has 4 heterocycles. The lowest BCUT2D eigenvalue weighted by atomic mass is 10.2. The second kappa shape index (κ2) is 10.6. The molecule has 14 heteroatoms. The number of anilines is 2. The molecule has 12 nitrogen and oxygen atoms in total. The van der Waals surface area contributed by atoms with E-state index in [9.17, 15) is 9.59 Å². The number of carbonyl (C=O) groups excluding carboxylic acids is 2. The lowest BCUT2D eigenvalue weighted by molar-refractivity contribution is -0.135. The summed E-state index contributed by atoms with van der Waals surface area (Å²) in [7, 11) is 0. The standard InChI is InChI=1S/C24H28Cl2N10O2/c1-4-34-12-28-20-21(27-11-19-30-17-9-15(25)16(26)10-18(17)31-19)32-24(33-22(20)34)36-7-5-35(6-8-36)23(38)13(2)29-14(3)37/h9-10,12-13H,4-8,11H2,1-3H3,(H,29,37)(H,30,31)(H,27,32,33)/t13-/m0/s1. The maximum absolute atomic E-state index is 12.7. The number of rotatable bonds is 7. The summed E-state index contributed by atoms with van der Waals surface area (Å²) in [6.07, 6.45) is 1.75. The fourth-order valence-electron chi connectivity index (χ4n) is 4.51. The minimum atomic E-state index is -0.563. The average Bonchev–Trinajstić information content (AvgIpc) is 3.50. The van der Waals surface area contributed by atoms with E-state index in [1.54, 1.807) is 30.3 Å². The van der Waals surface area contributed by atoms with Gasteiger partial charge in [0.15, 0.2) is 17.0 Å². The van der Waals surface area contributed by atoms with Crippen LogP contribution in [0.3, 0.4) is 0 Å². The zero-order chi connectivity index (χ0) is 27.0. The highest BCUT2D eigenvalue weighted by molar-refractivity contribution is 6.42. The molecule has 1 fully saturated rings. The first-order chi connectivity index (χ1) is 18.2. The number of benzene rings is 1. The minimum Gasteiger partial charge on any atom is -0.361 e. The first-order valence-electron chi connectivity index (χ1n) is 12.3. The van der Waals surface area contributed by atoms with Gasteiger partial charge in [0, 0.05) is 39.6 Å². The molecular weight excluding hydrogens is 531 g/mol. The third-order valence-corrected chi connectivity index (χ3v) is 7.18. The van der Waals surface area contributed by atoms with E-state index in [0.29, 0.717) is 72.4 Å². The number of aryl methyl sites for hydroxylation is 1. The second-order valence-corrected chi connectivity index (χ2v) is 9.94. The lowest BCUT2D eigenvalue weighted by Gasteiger charge is -2.36. The number of aromatic amines is 1. The van der Waals surface area contributed by atoms with Crippen molar-refractivity contribution in [1.29, 1.82) is 0 Å². The Labute approximate surface area is 228 Å². The molecule has 5 rings (SSSR count). The van der Waals surface area contributed by atoms with Gasteiger partial charge in [-0.15, -0.1) is 0 Å². The molecule has 1 aromatic carbocycles. The zero-order valence-electron chi connectivity index (χ0n) is 21.3. The van der Waals surface area contributed by atoms with E-state index in [2.05, 4.69) is 30.5 Å². The Hall–Kier alpha value is -3.64. The van der Waals surface area contributed by atoms with Gasteiger partial charge in [0.05, 0.1) is 34.0 Å². The van der Waals surface area contributed by atoms with Crippen molar-refractivity contribution < 1.29 is 9.59 Å². The van der Waals surface area contributed by atoms with E-state index < -0.39 is 6.04 Å². The first kappa shape index (κ1) is 26.0. The number of hydrogen-bond donors (Lipinski definition) is 3. The van der Waals surface area contributed by atoms with Gasteiger partial charge in [-0.2, -0.15) is 9.97 Å². The van der Waals surface area contributed by atoms with Gasteiger partial charge in [-0.1, -0.05) is 23.2 Å². The van der Waals surface area contributed by atoms with Crippen LogP contribution in [0.2, 0.25) is 10.0 Å².